The highest BCUT2D eigenvalue weighted by Gasteiger charge is 2.33. The van der Waals surface area contributed by atoms with Crippen molar-refractivity contribution in [2.45, 2.75) is 26.5 Å². The van der Waals surface area contributed by atoms with E-state index in [0.717, 1.165) is 10.4 Å². The van der Waals surface area contributed by atoms with Gasteiger partial charge in [0.1, 0.15) is 11.9 Å². The van der Waals surface area contributed by atoms with Crippen molar-refractivity contribution in [2.24, 2.45) is 0 Å². The van der Waals surface area contributed by atoms with Gasteiger partial charge in [-0.15, -0.1) is 0 Å². The molecule has 182 valence electrons. The molecule has 2 aromatic rings. The van der Waals surface area contributed by atoms with Crippen molar-refractivity contribution >= 4 is 39.7 Å². The number of amides is 2. The van der Waals surface area contributed by atoms with E-state index in [1.807, 2.05) is 11.8 Å². The molecule has 2 saturated heterocycles. The number of anilines is 2. The number of carbonyl (C=O) groups is 2. The smallest absolute Gasteiger partial charge is 0.414 e. The van der Waals surface area contributed by atoms with E-state index >= 15 is 0 Å². The first-order valence-electron chi connectivity index (χ1n) is 10.9. The average molecular weight is 492 g/mol. The number of aryl methyl sites for hydroxylation is 1. The number of nitro groups is 1. The van der Waals surface area contributed by atoms with Crippen LogP contribution in [0.15, 0.2) is 24.3 Å². The van der Waals surface area contributed by atoms with Gasteiger partial charge in [0.15, 0.2) is 0 Å². The monoisotopic (exact) mass is 491 g/mol. The Morgan fingerprint density at radius 1 is 1.29 bits per heavy atom. The lowest BCUT2D eigenvalue weighted by Crippen LogP contribution is -2.46. The molecule has 3 heterocycles. The second-order valence-corrected chi connectivity index (χ2v) is 9.52. The van der Waals surface area contributed by atoms with Crippen molar-refractivity contribution in [3.8, 4) is 0 Å². The van der Waals surface area contributed by atoms with E-state index in [4.69, 9.17) is 4.74 Å². The lowest BCUT2D eigenvalue weighted by atomic mass is 10.2. The van der Waals surface area contributed by atoms with Gasteiger partial charge in [-0.05, 0) is 30.7 Å². The zero-order chi connectivity index (χ0) is 24.4. The summed E-state index contributed by atoms with van der Waals surface area (Å²) in [4.78, 5) is 40.4. The van der Waals surface area contributed by atoms with E-state index in [1.54, 1.807) is 18.2 Å². The van der Waals surface area contributed by atoms with Gasteiger partial charge in [0.25, 0.3) is 0 Å². The molecule has 0 saturated carbocycles. The molecule has 0 spiro atoms. The van der Waals surface area contributed by atoms with Crippen molar-refractivity contribution in [1.82, 2.24) is 10.2 Å². The number of cyclic esters (lactones) is 1. The number of carbonyl (C=O) groups excluding carboxylic acids is 2. The number of benzene rings is 1. The Bertz CT molecular complexity index is 1100. The van der Waals surface area contributed by atoms with Crippen LogP contribution in [0.5, 0.6) is 0 Å². The molecule has 2 fully saturated rings. The number of rotatable bonds is 7. The molecule has 1 aromatic heterocycles. The minimum absolute atomic E-state index is 0.150. The van der Waals surface area contributed by atoms with Gasteiger partial charge in [-0.25, -0.2) is 9.18 Å². The Morgan fingerprint density at radius 2 is 2.03 bits per heavy atom. The van der Waals surface area contributed by atoms with Crippen molar-refractivity contribution in [3.63, 3.8) is 0 Å². The van der Waals surface area contributed by atoms with Crippen molar-refractivity contribution < 1.29 is 23.6 Å². The highest BCUT2D eigenvalue weighted by Crippen LogP contribution is 2.31. The van der Waals surface area contributed by atoms with E-state index in [9.17, 15) is 24.1 Å². The highest BCUT2D eigenvalue weighted by atomic mass is 32.1. The summed E-state index contributed by atoms with van der Waals surface area (Å²) in [6.45, 7) is 6.99. The third kappa shape index (κ3) is 5.28. The quantitative estimate of drug-likeness (QED) is 0.469. The maximum Gasteiger partial charge on any atom is 0.414 e. The summed E-state index contributed by atoms with van der Waals surface area (Å²) in [5.74, 6) is -0.634. The molecule has 2 amide bonds. The standard InChI is InChI=1S/C22H26FN5O5S/c1-14-9-21(28(31)32)34-20(14)13-25-5-7-26(8-6-25)19-4-3-16(10-18(19)23)27-12-17(33-22(27)30)11-24-15(2)29/h3-4,9-10,17H,5-8,11-13H2,1-2H3,(H,24,29)/t17-/m0/s1. The van der Waals surface area contributed by atoms with Crippen LogP contribution in [0.25, 0.3) is 0 Å². The number of nitrogens with zero attached hydrogens (tertiary/aromatic N) is 4. The second kappa shape index (κ2) is 9.94. The highest BCUT2D eigenvalue weighted by molar-refractivity contribution is 7.15. The maximum absolute atomic E-state index is 15.0. The zero-order valence-corrected chi connectivity index (χ0v) is 19.8. The number of hydrogen-bond acceptors (Lipinski definition) is 8. The topological polar surface area (TPSA) is 108 Å². The van der Waals surface area contributed by atoms with Crippen LogP contribution in [0.2, 0.25) is 0 Å². The van der Waals surface area contributed by atoms with Crippen LogP contribution in [0.4, 0.5) is 25.6 Å². The van der Waals surface area contributed by atoms with Gasteiger partial charge < -0.3 is 15.0 Å². The molecule has 0 unspecified atom stereocenters. The predicted molar refractivity (Wildman–Crippen MR) is 126 cm³/mol. The zero-order valence-electron chi connectivity index (χ0n) is 19.0. The van der Waals surface area contributed by atoms with E-state index in [1.165, 1.54) is 29.2 Å². The summed E-state index contributed by atoms with van der Waals surface area (Å²) in [7, 11) is 0. The molecule has 0 aliphatic carbocycles. The van der Waals surface area contributed by atoms with E-state index in [2.05, 4.69) is 10.2 Å². The van der Waals surface area contributed by atoms with Crippen LogP contribution in [-0.4, -0.2) is 67.2 Å². The predicted octanol–water partition coefficient (Wildman–Crippen LogP) is 2.89. The maximum atomic E-state index is 15.0. The first-order valence-corrected chi connectivity index (χ1v) is 11.8. The number of piperazine rings is 1. The average Bonchev–Trinajstić information content (AvgIpc) is 3.35. The fourth-order valence-electron chi connectivity index (χ4n) is 4.12. The van der Waals surface area contributed by atoms with Gasteiger partial charge >= 0.3 is 11.1 Å². The molecule has 12 heteroatoms. The fraction of sp³-hybridized carbons (Fsp3) is 0.455. The van der Waals surface area contributed by atoms with Crippen molar-refractivity contribution in [2.75, 3.05) is 49.1 Å². The molecule has 34 heavy (non-hydrogen) atoms. The summed E-state index contributed by atoms with van der Waals surface area (Å²) in [6, 6.07) is 6.30. The summed E-state index contributed by atoms with van der Waals surface area (Å²) < 4.78 is 20.2. The van der Waals surface area contributed by atoms with Crippen LogP contribution in [0.1, 0.15) is 17.4 Å². The molecule has 1 aromatic carbocycles. The molecular weight excluding hydrogens is 465 g/mol. The Balaban J connectivity index is 1.35. The Morgan fingerprint density at radius 3 is 2.65 bits per heavy atom. The van der Waals surface area contributed by atoms with Gasteiger partial charge in [0.05, 0.1) is 29.4 Å². The number of nitrogens with one attached hydrogen (secondary N) is 1. The normalized spacial score (nSPS) is 18.8. The lowest BCUT2D eigenvalue weighted by molar-refractivity contribution is -0.380. The molecule has 2 aliphatic rings. The van der Waals surface area contributed by atoms with Gasteiger partial charge in [-0.1, -0.05) is 11.3 Å². The molecule has 4 rings (SSSR count). The molecule has 0 radical (unpaired) electrons. The van der Waals surface area contributed by atoms with E-state index in [-0.39, 0.29) is 28.9 Å². The van der Waals surface area contributed by atoms with E-state index < -0.39 is 18.0 Å². The van der Waals surface area contributed by atoms with Gasteiger partial charge in [0, 0.05) is 50.6 Å². The molecule has 1 atom stereocenters. The van der Waals surface area contributed by atoms with Gasteiger partial charge in [-0.2, -0.15) is 0 Å². The van der Waals surface area contributed by atoms with Crippen LogP contribution in [-0.2, 0) is 16.1 Å². The summed E-state index contributed by atoms with van der Waals surface area (Å²) in [6.07, 6.45) is -1.05. The molecule has 2 aliphatic heterocycles. The molecular formula is C22H26FN5O5S. The summed E-state index contributed by atoms with van der Waals surface area (Å²) in [5, 5.41) is 13.8. The lowest BCUT2D eigenvalue weighted by Gasteiger charge is -2.36. The minimum Gasteiger partial charge on any atom is -0.442 e. The fourth-order valence-corrected chi connectivity index (χ4v) is 5.14. The van der Waals surface area contributed by atoms with Crippen LogP contribution in [0.3, 0.4) is 0 Å². The van der Waals surface area contributed by atoms with Crippen molar-refractivity contribution in [3.05, 3.63) is 50.6 Å². The molecule has 10 nitrogen and oxygen atoms in total. The first kappa shape index (κ1) is 23.9. The van der Waals surface area contributed by atoms with E-state index in [0.29, 0.717) is 44.1 Å². The SMILES string of the molecule is CC(=O)NC[C@H]1CN(c2ccc(N3CCN(Cc4sc([N+](=O)[O-])cc4C)CC3)c(F)c2)C(=O)O1. The second-order valence-electron chi connectivity index (χ2n) is 8.40. The Labute approximate surface area is 200 Å². The molecule has 0 bridgehead atoms. The van der Waals surface area contributed by atoms with Gasteiger partial charge in [-0.3, -0.25) is 24.7 Å². The Hall–Kier alpha value is -3.25. The molecule has 1 N–H and O–H groups in total. The Kier molecular flexibility index (Phi) is 6.98. The van der Waals surface area contributed by atoms with Crippen LogP contribution in [0, 0.1) is 22.9 Å². The minimum atomic E-state index is -0.569. The number of hydrogen-bond donors (Lipinski definition) is 1. The summed E-state index contributed by atoms with van der Waals surface area (Å²) in [5.41, 5.74) is 1.79. The van der Waals surface area contributed by atoms with Gasteiger partial charge in [0.2, 0.25) is 5.91 Å². The van der Waals surface area contributed by atoms with Crippen molar-refractivity contribution in [1.29, 1.82) is 0 Å². The first-order chi connectivity index (χ1) is 16.2. The largest absolute Gasteiger partial charge is 0.442 e. The third-order valence-electron chi connectivity index (χ3n) is 5.96. The van der Waals surface area contributed by atoms with Crippen LogP contribution < -0.4 is 15.1 Å². The number of thiophene rings is 1. The third-order valence-corrected chi connectivity index (χ3v) is 7.14. The number of ether oxygens (including phenoxy) is 1. The number of halogens is 1. The van der Waals surface area contributed by atoms with Crippen LogP contribution >= 0.6 is 11.3 Å². The summed E-state index contributed by atoms with van der Waals surface area (Å²) >= 11 is 1.20.